The zero-order chi connectivity index (χ0) is 21.0. The SMILES string of the molecule is CCOC(=O)/C(=C/C(=N)C1CC1)NCc1ccc(-c2noc(C(F)(F)F)n2)cc1. The lowest BCUT2D eigenvalue weighted by molar-refractivity contribution is -0.159. The number of hydrogen-bond acceptors (Lipinski definition) is 7. The Morgan fingerprint density at radius 3 is 2.59 bits per heavy atom. The van der Waals surface area contributed by atoms with Crippen molar-refractivity contribution in [1.29, 1.82) is 5.41 Å². The smallest absolute Gasteiger partial charge is 0.461 e. The molecule has 10 heteroatoms. The lowest BCUT2D eigenvalue weighted by atomic mass is 10.1. The zero-order valence-corrected chi connectivity index (χ0v) is 15.5. The number of rotatable bonds is 8. The molecule has 0 atom stereocenters. The molecule has 1 aliphatic rings. The Bertz CT molecular complexity index is 916. The van der Waals surface area contributed by atoms with E-state index in [1.165, 1.54) is 6.08 Å². The second-order valence-electron chi connectivity index (χ2n) is 6.48. The van der Waals surface area contributed by atoms with E-state index >= 15 is 0 Å². The van der Waals surface area contributed by atoms with Gasteiger partial charge in [-0.25, -0.2) is 4.79 Å². The minimum atomic E-state index is -4.70. The highest BCUT2D eigenvalue weighted by Gasteiger charge is 2.38. The number of nitrogens with zero attached hydrogens (tertiary/aromatic N) is 2. The van der Waals surface area contributed by atoms with Crippen molar-refractivity contribution >= 4 is 11.7 Å². The number of aromatic nitrogens is 2. The van der Waals surface area contributed by atoms with Gasteiger partial charge in [0.1, 0.15) is 5.70 Å². The first-order valence-corrected chi connectivity index (χ1v) is 8.99. The van der Waals surface area contributed by atoms with Crippen molar-refractivity contribution in [1.82, 2.24) is 15.5 Å². The van der Waals surface area contributed by atoms with Crippen LogP contribution in [0.4, 0.5) is 13.2 Å². The van der Waals surface area contributed by atoms with Crippen LogP contribution in [0.1, 0.15) is 31.2 Å². The van der Waals surface area contributed by atoms with E-state index in [-0.39, 0.29) is 30.6 Å². The number of carbonyl (C=O) groups is 1. The number of esters is 1. The van der Waals surface area contributed by atoms with Crippen molar-refractivity contribution in [2.24, 2.45) is 5.92 Å². The first-order chi connectivity index (χ1) is 13.8. The van der Waals surface area contributed by atoms with E-state index in [2.05, 4.69) is 20.0 Å². The quantitative estimate of drug-likeness (QED) is 0.392. The molecule has 2 N–H and O–H groups in total. The van der Waals surface area contributed by atoms with E-state index in [0.717, 1.165) is 18.4 Å². The fourth-order valence-electron chi connectivity index (χ4n) is 2.48. The van der Waals surface area contributed by atoms with Crippen molar-refractivity contribution in [2.45, 2.75) is 32.5 Å². The predicted octanol–water partition coefficient (Wildman–Crippen LogP) is 3.72. The minimum Gasteiger partial charge on any atom is -0.461 e. The first-order valence-electron chi connectivity index (χ1n) is 8.99. The largest absolute Gasteiger partial charge is 0.471 e. The van der Waals surface area contributed by atoms with Crippen molar-refractivity contribution in [3.8, 4) is 11.4 Å². The van der Waals surface area contributed by atoms with E-state index < -0.39 is 18.0 Å². The highest BCUT2D eigenvalue weighted by molar-refractivity contribution is 6.02. The van der Waals surface area contributed by atoms with Gasteiger partial charge in [-0.2, -0.15) is 18.2 Å². The van der Waals surface area contributed by atoms with Crippen LogP contribution < -0.4 is 5.32 Å². The summed E-state index contributed by atoms with van der Waals surface area (Å²) in [5.74, 6) is -1.92. The van der Waals surface area contributed by atoms with E-state index in [0.29, 0.717) is 11.3 Å². The molecule has 154 valence electrons. The molecule has 0 saturated heterocycles. The van der Waals surface area contributed by atoms with E-state index in [9.17, 15) is 18.0 Å². The Morgan fingerprint density at radius 1 is 1.34 bits per heavy atom. The van der Waals surface area contributed by atoms with E-state index in [1.54, 1.807) is 31.2 Å². The molecular weight excluding hydrogens is 389 g/mol. The van der Waals surface area contributed by atoms with Crippen LogP contribution in [0.3, 0.4) is 0 Å². The average Bonchev–Trinajstić information content (AvgIpc) is 3.41. The summed E-state index contributed by atoms with van der Waals surface area (Å²) in [5, 5.41) is 14.3. The molecule has 7 nitrogen and oxygen atoms in total. The summed E-state index contributed by atoms with van der Waals surface area (Å²) < 4.78 is 46.9. The predicted molar refractivity (Wildman–Crippen MR) is 96.7 cm³/mol. The van der Waals surface area contributed by atoms with Crippen LogP contribution in [0.5, 0.6) is 0 Å². The van der Waals surface area contributed by atoms with E-state index in [4.69, 9.17) is 10.1 Å². The molecule has 0 amide bonds. The molecule has 1 fully saturated rings. The third kappa shape index (κ3) is 5.43. The minimum absolute atomic E-state index is 0.165. The van der Waals surface area contributed by atoms with Crippen molar-refractivity contribution < 1.29 is 27.2 Å². The summed E-state index contributed by atoms with van der Waals surface area (Å²) in [6, 6.07) is 6.45. The number of carbonyl (C=O) groups excluding carboxylic acids is 1. The number of hydrogen-bond donors (Lipinski definition) is 2. The van der Waals surface area contributed by atoms with Gasteiger partial charge >= 0.3 is 18.0 Å². The Balaban J connectivity index is 1.67. The zero-order valence-electron chi connectivity index (χ0n) is 15.5. The van der Waals surface area contributed by atoms with Crippen molar-refractivity contribution in [2.75, 3.05) is 6.61 Å². The fraction of sp³-hybridized carbons (Fsp3) is 0.368. The molecule has 0 radical (unpaired) electrons. The Morgan fingerprint density at radius 2 is 2.03 bits per heavy atom. The second kappa shape index (κ2) is 8.46. The molecule has 2 aromatic rings. The number of ether oxygens (including phenoxy) is 1. The summed E-state index contributed by atoms with van der Waals surface area (Å²) in [6.07, 6.45) is -1.32. The van der Waals surface area contributed by atoms with Crippen LogP contribution >= 0.6 is 0 Å². The van der Waals surface area contributed by atoms with Crippen LogP contribution in [-0.4, -0.2) is 28.4 Å². The van der Waals surface area contributed by atoms with Gasteiger partial charge in [0.25, 0.3) is 0 Å². The molecule has 0 spiro atoms. The summed E-state index contributed by atoms with van der Waals surface area (Å²) in [4.78, 5) is 15.4. The number of halogens is 3. The molecule has 0 bridgehead atoms. The molecule has 0 unspecified atom stereocenters. The van der Waals surface area contributed by atoms with Crippen molar-refractivity contribution in [3.05, 3.63) is 47.5 Å². The molecule has 3 rings (SSSR count). The molecule has 1 saturated carbocycles. The lowest BCUT2D eigenvalue weighted by Crippen LogP contribution is -2.23. The fourth-order valence-corrected chi connectivity index (χ4v) is 2.48. The maximum absolute atomic E-state index is 12.6. The van der Waals surface area contributed by atoms with Gasteiger partial charge in [0.2, 0.25) is 5.82 Å². The maximum Gasteiger partial charge on any atom is 0.471 e. The molecular formula is C19H19F3N4O3. The molecule has 1 heterocycles. The number of allylic oxidation sites excluding steroid dienone is 1. The Labute approximate surface area is 164 Å². The third-order valence-electron chi connectivity index (χ3n) is 4.18. The molecule has 1 aromatic carbocycles. The summed E-state index contributed by atoms with van der Waals surface area (Å²) in [5.41, 5.74) is 1.71. The average molecular weight is 408 g/mol. The van der Waals surface area contributed by atoms with Gasteiger partial charge in [-0.1, -0.05) is 29.4 Å². The Kier molecular flexibility index (Phi) is 6.00. The Hall–Kier alpha value is -3.17. The van der Waals surface area contributed by atoms with Gasteiger partial charge in [0, 0.05) is 23.7 Å². The van der Waals surface area contributed by atoms with Gasteiger partial charge < -0.3 is 20.0 Å². The van der Waals surface area contributed by atoms with Crippen LogP contribution in [0.2, 0.25) is 0 Å². The molecule has 1 aliphatic carbocycles. The second-order valence-corrected chi connectivity index (χ2v) is 6.48. The monoisotopic (exact) mass is 408 g/mol. The number of benzene rings is 1. The van der Waals surface area contributed by atoms with Gasteiger partial charge in [-0.3, -0.25) is 0 Å². The highest BCUT2D eigenvalue weighted by atomic mass is 19.4. The standard InChI is InChI=1S/C19H19F3N4O3/c1-2-28-17(27)15(9-14(23)12-7-8-12)24-10-11-3-5-13(6-4-11)16-25-18(29-26-16)19(20,21)22/h3-6,9,12,23-24H,2,7-8,10H2,1H3/b15-9-,23-14?. The van der Waals surface area contributed by atoms with Crippen molar-refractivity contribution in [3.63, 3.8) is 0 Å². The molecule has 1 aromatic heterocycles. The van der Waals surface area contributed by atoms with Crippen LogP contribution in [0, 0.1) is 11.3 Å². The summed E-state index contributed by atoms with van der Waals surface area (Å²) in [6.45, 7) is 2.18. The van der Waals surface area contributed by atoms with E-state index in [1.807, 2.05) is 0 Å². The lowest BCUT2D eigenvalue weighted by Gasteiger charge is -2.11. The van der Waals surface area contributed by atoms with Gasteiger partial charge in [0.05, 0.1) is 6.61 Å². The maximum atomic E-state index is 12.6. The normalized spacial score (nSPS) is 14.6. The van der Waals surface area contributed by atoms with Gasteiger partial charge in [0.15, 0.2) is 0 Å². The first kappa shape index (κ1) is 20.6. The van der Waals surface area contributed by atoms with Crippen LogP contribution in [0.15, 0.2) is 40.6 Å². The molecule has 29 heavy (non-hydrogen) atoms. The third-order valence-corrected chi connectivity index (χ3v) is 4.18. The highest BCUT2D eigenvalue weighted by Crippen LogP contribution is 2.31. The summed E-state index contributed by atoms with van der Waals surface area (Å²) in [7, 11) is 0. The topological polar surface area (TPSA) is 101 Å². The number of nitrogens with one attached hydrogen (secondary N) is 2. The summed E-state index contributed by atoms with van der Waals surface area (Å²) >= 11 is 0. The number of alkyl halides is 3. The van der Waals surface area contributed by atoms with Crippen LogP contribution in [0.25, 0.3) is 11.4 Å². The van der Waals surface area contributed by atoms with Gasteiger partial charge in [-0.15, -0.1) is 0 Å². The van der Waals surface area contributed by atoms with Crippen LogP contribution in [-0.2, 0) is 22.3 Å². The molecule has 0 aliphatic heterocycles. The van der Waals surface area contributed by atoms with Gasteiger partial charge in [-0.05, 0) is 31.4 Å².